The molecule has 0 aliphatic carbocycles. The van der Waals surface area contributed by atoms with Gasteiger partial charge in [0.05, 0.1) is 11.0 Å². The van der Waals surface area contributed by atoms with Crippen molar-refractivity contribution in [3.63, 3.8) is 0 Å². The summed E-state index contributed by atoms with van der Waals surface area (Å²) in [5.74, 6) is -0.0352. The van der Waals surface area contributed by atoms with Crippen LogP contribution in [0.5, 0.6) is 0 Å². The first-order valence-corrected chi connectivity index (χ1v) is 11.0. The van der Waals surface area contributed by atoms with Crippen LogP contribution in [0.2, 0.25) is 5.02 Å². The van der Waals surface area contributed by atoms with Gasteiger partial charge in [-0.25, -0.2) is 8.42 Å². The normalized spacial score (nSPS) is 16.0. The fourth-order valence-corrected chi connectivity index (χ4v) is 5.15. The molecule has 6 heteroatoms. The van der Waals surface area contributed by atoms with Gasteiger partial charge in [-0.2, -0.15) is 0 Å². The smallest absolute Gasteiger partial charge is 0.246 e. The van der Waals surface area contributed by atoms with Crippen molar-refractivity contribution >= 4 is 33.4 Å². The molecule has 0 unspecified atom stereocenters. The molecule has 1 amide bonds. The van der Waals surface area contributed by atoms with Gasteiger partial charge in [-0.15, -0.1) is 0 Å². The predicted octanol–water partition coefficient (Wildman–Crippen LogP) is 3.96. The van der Waals surface area contributed by atoms with E-state index in [2.05, 4.69) is 0 Å². The van der Waals surface area contributed by atoms with Crippen LogP contribution in [0.15, 0.2) is 60.7 Å². The zero-order valence-electron chi connectivity index (χ0n) is 14.9. The monoisotopic (exact) mass is 403 g/mol. The number of amides is 1. The minimum Gasteiger partial charge on any atom is -0.339 e. The van der Waals surface area contributed by atoms with Crippen LogP contribution in [0.25, 0.3) is 6.08 Å². The quantitative estimate of drug-likeness (QED) is 0.710. The molecule has 1 aliphatic heterocycles. The number of benzene rings is 2. The molecule has 0 atom stereocenters. The maximum Gasteiger partial charge on any atom is 0.246 e. The second-order valence-corrected chi connectivity index (χ2v) is 9.42. The van der Waals surface area contributed by atoms with Crippen molar-refractivity contribution in [1.82, 2.24) is 4.90 Å². The van der Waals surface area contributed by atoms with Gasteiger partial charge in [0.1, 0.15) is 0 Å². The van der Waals surface area contributed by atoms with Gasteiger partial charge in [-0.3, -0.25) is 4.79 Å². The van der Waals surface area contributed by atoms with E-state index in [4.69, 9.17) is 11.6 Å². The van der Waals surface area contributed by atoms with Crippen LogP contribution in [-0.2, 0) is 20.4 Å². The number of halogens is 1. The molecule has 0 aromatic heterocycles. The minimum absolute atomic E-state index is 0.0585. The van der Waals surface area contributed by atoms with E-state index < -0.39 is 9.84 Å². The molecule has 1 saturated heterocycles. The Morgan fingerprint density at radius 2 is 1.67 bits per heavy atom. The largest absolute Gasteiger partial charge is 0.339 e. The van der Waals surface area contributed by atoms with Gasteiger partial charge in [0.25, 0.3) is 0 Å². The number of hydrogen-bond acceptors (Lipinski definition) is 3. The average Bonchev–Trinajstić information content (AvgIpc) is 2.68. The fourth-order valence-electron chi connectivity index (χ4n) is 3.21. The second kappa shape index (κ2) is 8.72. The highest BCUT2D eigenvalue weighted by molar-refractivity contribution is 7.91. The number of piperidine rings is 1. The summed E-state index contributed by atoms with van der Waals surface area (Å²) in [5.41, 5.74) is 1.70. The zero-order valence-corrected chi connectivity index (χ0v) is 16.5. The molecule has 27 heavy (non-hydrogen) atoms. The first-order valence-electron chi connectivity index (χ1n) is 8.92. The topological polar surface area (TPSA) is 54.5 Å². The van der Waals surface area contributed by atoms with Crippen LogP contribution < -0.4 is 0 Å². The number of sulfone groups is 1. The van der Waals surface area contributed by atoms with E-state index >= 15 is 0 Å². The van der Waals surface area contributed by atoms with Crippen molar-refractivity contribution in [2.24, 2.45) is 0 Å². The molecule has 1 aliphatic rings. The number of nitrogens with zero attached hydrogens (tertiary/aromatic N) is 1. The molecular formula is C21H22ClNO3S. The van der Waals surface area contributed by atoms with Crippen LogP contribution in [0.3, 0.4) is 0 Å². The molecule has 1 heterocycles. The fraction of sp³-hybridized carbons (Fsp3) is 0.286. The Morgan fingerprint density at radius 1 is 1.04 bits per heavy atom. The third-order valence-electron chi connectivity index (χ3n) is 4.76. The summed E-state index contributed by atoms with van der Waals surface area (Å²) < 4.78 is 25.3. The Morgan fingerprint density at radius 3 is 2.30 bits per heavy atom. The molecule has 142 valence electrons. The summed E-state index contributed by atoms with van der Waals surface area (Å²) in [6, 6.07) is 16.5. The van der Waals surface area contributed by atoms with Crippen molar-refractivity contribution in [3.8, 4) is 0 Å². The van der Waals surface area contributed by atoms with E-state index in [1.54, 1.807) is 23.1 Å². The van der Waals surface area contributed by atoms with Crippen molar-refractivity contribution in [3.05, 3.63) is 76.8 Å². The van der Waals surface area contributed by atoms with E-state index in [9.17, 15) is 13.2 Å². The molecule has 0 spiro atoms. The molecule has 3 rings (SSSR count). The highest BCUT2D eigenvalue weighted by Crippen LogP contribution is 2.22. The first kappa shape index (κ1) is 19.6. The SMILES string of the molecule is O=C(/C=C/c1ccc(Cl)cc1)N1CCC(S(=O)(=O)Cc2ccccc2)CC1. The number of hydrogen-bond donors (Lipinski definition) is 0. The summed E-state index contributed by atoms with van der Waals surface area (Å²) in [6.45, 7) is 0.922. The first-order chi connectivity index (χ1) is 12.9. The van der Waals surface area contributed by atoms with Crippen LogP contribution in [-0.4, -0.2) is 37.6 Å². The summed E-state index contributed by atoms with van der Waals surface area (Å²) in [5, 5.41) is 0.263. The summed E-state index contributed by atoms with van der Waals surface area (Å²) in [7, 11) is -3.21. The molecule has 0 N–H and O–H groups in total. The van der Waals surface area contributed by atoms with E-state index in [0.29, 0.717) is 31.0 Å². The van der Waals surface area contributed by atoms with Crippen LogP contribution >= 0.6 is 11.6 Å². The number of likely N-dealkylation sites (tertiary alicyclic amines) is 1. The van der Waals surface area contributed by atoms with Gasteiger partial charge in [-0.1, -0.05) is 54.1 Å². The molecule has 0 bridgehead atoms. The van der Waals surface area contributed by atoms with Crippen LogP contribution in [0.4, 0.5) is 0 Å². The van der Waals surface area contributed by atoms with Crippen molar-refractivity contribution < 1.29 is 13.2 Å². The van der Waals surface area contributed by atoms with E-state index in [0.717, 1.165) is 11.1 Å². The lowest BCUT2D eigenvalue weighted by Crippen LogP contribution is -2.42. The molecule has 1 fully saturated rings. The summed E-state index contributed by atoms with van der Waals surface area (Å²) in [6.07, 6.45) is 4.24. The summed E-state index contributed by atoms with van der Waals surface area (Å²) in [4.78, 5) is 14.1. The van der Waals surface area contributed by atoms with E-state index in [1.165, 1.54) is 6.08 Å². The lowest BCUT2D eigenvalue weighted by Gasteiger charge is -2.31. The van der Waals surface area contributed by atoms with Crippen molar-refractivity contribution in [1.29, 1.82) is 0 Å². The maximum atomic E-state index is 12.6. The minimum atomic E-state index is -3.21. The highest BCUT2D eigenvalue weighted by atomic mass is 35.5. The van der Waals surface area contributed by atoms with Gasteiger partial charge in [0, 0.05) is 24.2 Å². The standard InChI is InChI=1S/C21H22ClNO3S/c22-19-9-6-17(7-10-19)8-11-21(24)23-14-12-20(13-15-23)27(25,26)16-18-4-2-1-3-5-18/h1-11,20H,12-16H2/b11-8+. The van der Waals surface area contributed by atoms with Gasteiger partial charge in [0.2, 0.25) is 5.91 Å². The van der Waals surface area contributed by atoms with Gasteiger partial charge >= 0.3 is 0 Å². The average molecular weight is 404 g/mol. The molecule has 4 nitrogen and oxygen atoms in total. The van der Waals surface area contributed by atoms with Crippen molar-refractivity contribution in [2.45, 2.75) is 23.8 Å². The third-order valence-corrected chi connectivity index (χ3v) is 7.24. The molecular weight excluding hydrogens is 382 g/mol. The Hall–Kier alpha value is -2.11. The highest BCUT2D eigenvalue weighted by Gasteiger charge is 2.31. The Balaban J connectivity index is 1.55. The number of carbonyl (C=O) groups is 1. The second-order valence-electron chi connectivity index (χ2n) is 6.70. The Bertz CT molecular complexity index is 900. The van der Waals surface area contributed by atoms with Gasteiger partial charge in [-0.05, 0) is 42.2 Å². The zero-order chi connectivity index (χ0) is 19.3. The number of carbonyl (C=O) groups excluding carboxylic acids is 1. The molecule has 0 radical (unpaired) electrons. The lowest BCUT2D eigenvalue weighted by molar-refractivity contribution is -0.126. The Kier molecular flexibility index (Phi) is 6.34. The maximum absolute atomic E-state index is 12.6. The molecule has 2 aromatic rings. The predicted molar refractivity (Wildman–Crippen MR) is 109 cm³/mol. The van der Waals surface area contributed by atoms with Gasteiger partial charge in [0.15, 0.2) is 9.84 Å². The lowest BCUT2D eigenvalue weighted by atomic mass is 10.1. The molecule has 0 saturated carbocycles. The van der Waals surface area contributed by atoms with E-state index in [1.807, 2.05) is 42.5 Å². The number of rotatable bonds is 5. The van der Waals surface area contributed by atoms with Crippen molar-refractivity contribution in [2.75, 3.05) is 13.1 Å². The third kappa shape index (κ3) is 5.44. The Labute approximate surface area is 165 Å². The van der Waals surface area contributed by atoms with Gasteiger partial charge < -0.3 is 4.90 Å². The van der Waals surface area contributed by atoms with Crippen LogP contribution in [0.1, 0.15) is 24.0 Å². The summed E-state index contributed by atoms with van der Waals surface area (Å²) >= 11 is 5.85. The molecule has 2 aromatic carbocycles. The van der Waals surface area contributed by atoms with E-state index in [-0.39, 0.29) is 16.9 Å². The van der Waals surface area contributed by atoms with Crippen LogP contribution in [0, 0.1) is 0 Å².